The molecule has 0 aliphatic rings. The van der Waals surface area contributed by atoms with Crippen molar-refractivity contribution < 1.29 is 13.2 Å². The quantitative estimate of drug-likeness (QED) is 0.675. The number of para-hydroxylation sites is 1. The van der Waals surface area contributed by atoms with Crippen LogP contribution in [-0.2, 0) is 16.6 Å². The molecule has 0 amide bonds. The molecule has 0 aliphatic carbocycles. The maximum Gasteiger partial charge on any atom is 0.276 e. The zero-order valence-electron chi connectivity index (χ0n) is 11.5. The number of methoxy groups -OCH3 is 1. The molecule has 108 valence electrons. The van der Waals surface area contributed by atoms with E-state index in [0.717, 1.165) is 30.6 Å². The van der Waals surface area contributed by atoms with Crippen molar-refractivity contribution in [1.29, 1.82) is 0 Å². The Morgan fingerprint density at radius 3 is 2.58 bits per heavy atom. The molecular weight excluding hydrogens is 264 g/mol. The van der Waals surface area contributed by atoms with Gasteiger partial charge in [-0.15, -0.1) is 0 Å². The average Bonchev–Trinajstić information content (AvgIpc) is 2.38. The van der Waals surface area contributed by atoms with Gasteiger partial charge in [0.15, 0.2) is 0 Å². The number of benzene rings is 1. The van der Waals surface area contributed by atoms with Gasteiger partial charge in [0, 0.05) is 13.1 Å². The van der Waals surface area contributed by atoms with Crippen molar-refractivity contribution in [2.24, 2.45) is 0 Å². The molecule has 0 atom stereocenters. The van der Waals surface area contributed by atoms with E-state index in [2.05, 4.69) is 9.44 Å². The fraction of sp³-hybridized carbons (Fsp3) is 0.538. The van der Waals surface area contributed by atoms with Crippen LogP contribution in [0, 0.1) is 0 Å². The summed E-state index contributed by atoms with van der Waals surface area (Å²) in [5.74, 6) is 0.885. The second kappa shape index (κ2) is 8.14. The largest absolute Gasteiger partial charge is 0.496 e. The topological polar surface area (TPSA) is 67.4 Å². The molecule has 1 rings (SSSR count). The Morgan fingerprint density at radius 1 is 1.16 bits per heavy atom. The lowest BCUT2D eigenvalue weighted by Crippen LogP contribution is -2.36. The minimum absolute atomic E-state index is 0.399. The van der Waals surface area contributed by atoms with E-state index in [0.29, 0.717) is 13.1 Å². The highest BCUT2D eigenvalue weighted by Gasteiger charge is 2.06. The molecule has 19 heavy (non-hydrogen) atoms. The van der Waals surface area contributed by atoms with Crippen molar-refractivity contribution in [1.82, 2.24) is 9.44 Å². The molecule has 0 aromatic heterocycles. The molecule has 1 aromatic rings. The molecule has 0 unspecified atom stereocenters. The van der Waals surface area contributed by atoms with Crippen LogP contribution in [0.5, 0.6) is 5.75 Å². The Morgan fingerprint density at radius 2 is 1.89 bits per heavy atom. The number of aryl methyl sites for hydroxylation is 1. The van der Waals surface area contributed by atoms with E-state index in [1.807, 2.05) is 24.3 Å². The van der Waals surface area contributed by atoms with Gasteiger partial charge in [-0.3, -0.25) is 0 Å². The van der Waals surface area contributed by atoms with E-state index in [1.54, 1.807) is 14.0 Å². The molecule has 0 spiro atoms. The van der Waals surface area contributed by atoms with Gasteiger partial charge >= 0.3 is 0 Å². The van der Waals surface area contributed by atoms with Gasteiger partial charge in [0.25, 0.3) is 10.2 Å². The van der Waals surface area contributed by atoms with Crippen LogP contribution in [0.1, 0.15) is 25.3 Å². The van der Waals surface area contributed by atoms with Gasteiger partial charge in [0.05, 0.1) is 7.11 Å². The van der Waals surface area contributed by atoms with Gasteiger partial charge in [-0.05, 0) is 30.9 Å². The van der Waals surface area contributed by atoms with Crippen molar-refractivity contribution in [3.8, 4) is 5.75 Å². The van der Waals surface area contributed by atoms with Crippen LogP contribution in [0.4, 0.5) is 0 Å². The van der Waals surface area contributed by atoms with Gasteiger partial charge in [-0.25, -0.2) is 9.44 Å². The number of ether oxygens (including phenoxy) is 1. The molecule has 2 N–H and O–H groups in total. The van der Waals surface area contributed by atoms with E-state index in [-0.39, 0.29) is 0 Å². The Balaban J connectivity index is 2.28. The number of hydrogen-bond donors (Lipinski definition) is 2. The minimum atomic E-state index is -3.31. The van der Waals surface area contributed by atoms with E-state index >= 15 is 0 Å². The van der Waals surface area contributed by atoms with Gasteiger partial charge < -0.3 is 4.74 Å². The van der Waals surface area contributed by atoms with E-state index in [9.17, 15) is 8.42 Å². The predicted octanol–water partition coefficient (Wildman–Crippen LogP) is 1.46. The molecule has 0 aliphatic heterocycles. The van der Waals surface area contributed by atoms with E-state index in [1.165, 1.54) is 0 Å². The summed E-state index contributed by atoms with van der Waals surface area (Å²) in [6, 6.07) is 7.88. The Bertz CT molecular complexity index is 475. The van der Waals surface area contributed by atoms with Gasteiger partial charge in [-0.2, -0.15) is 8.42 Å². The maximum absolute atomic E-state index is 11.3. The minimum Gasteiger partial charge on any atom is -0.496 e. The third-order valence-electron chi connectivity index (χ3n) is 2.69. The molecule has 1 aromatic carbocycles. The second-order valence-corrected chi connectivity index (χ2v) is 5.75. The summed E-state index contributed by atoms with van der Waals surface area (Å²) in [4.78, 5) is 0. The summed E-state index contributed by atoms with van der Waals surface area (Å²) < 4.78 is 32.8. The molecule has 0 bridgehead atoms. The number of rotatable bonds is 9. The molecule has 0 radical (unpaired) electrons. The smallest absolute Gasteiger partial charge is 0.276 e. The SMILES string of the molecule is CCNS(=O)(=O)NCCCCc1ccccc1OC. The fourth-order valence-electron chi connectivity index (χ4n) is 1.80. The van der Waals surface area contributed by atoms with Crippen molar-refractivity contribution in [3.63, 3.8) is 0 Å². The van der Waals surface area contributed by atoms with Crippen molar-refractivity contribution in [3.05, 3.63) is 29.8 Å². The standard InChI is InChI=1S/C13H22N2O3S/c1-3-14-19(16,17)15-11-7-6-9-12-8-4-5-10-13(12)18-2/h4-5,8,10,14-15H,3,6-7,9,11H2,1-2H3. The van der Waals surface area contributed by atoms with Crippen LogP contribution in [0.25, 0.3) is 0 Å². The molecule has 0 heterocycles. The number of hydrogen-bond acceptors (Lipinski definition) is 3. The molecular formula is C13H22N2O3S. The van der Waals surface area contributed by atoms with E-state index < -0.39 is 10.2 Å². The summed E-state index contributed by atoms with van der Waals surface area (Å²) in [5.41, 5.74) is 1.15. The zero-order valence-corrected chi connectivity index (χ0v) is 12.3. The number of nitrogens with one attached hydrogen (secondary N) is 2. The highest BCUT2D eigenvalue weighted by molar-refractivity contribution is 7.87. The van der Waals surface area contributed by atoms with Crippen LogP contribution in [-0.4, -0.2) is 28.6 Å². The molecule has 5 nitrogen and oxygen atoms in total. The highest BCUT2D eigenvalue weighted by atomic mass is 32.2. The molecule has 0 saturated carbocycles. The summed E-state index contributed by atoms with van der Waals surface area (Å²) in [7, 11) is -1.66. The fourth-order valence-corrected chi connectivity index (χ4v) is 2.69. The lowest BCUT2D eigenvalue weighted by molar-refractivity contribution is 0.409. The van der Waals surface area contributed by atoms with Crippen molar-refractivity contribution in [2.45, 2.75) is 26.2 Å². The molecule has 0 saturated heterocycles. The van der Waals surface area contributed by atoms with Crippen LogP contribution < -0.4 is 14.2 Å². The Labute approximate surface area is 115 Å². The van der Waals surface area contributed by atoms with Crippen molar-refractivity contribution >= 4 is 10.2 Å². The maximum atomic E-state index is 11.3. The first-order chi connectivity index (χ1) is 9.09. The van der Waals surface area contributed by atoms with Crippen molar-refractivity contribution in [2.75, 3.05) is 20.2 Å². The van der Waals surface area contributed by atoms with Gasteiger partial charge in [0.2, 0.25) is 0 Å². The summed E-state index contributed by atoms with van der Waals surface area (Å²) in [6.45, 7) is 2.60. The lowest BCUT2D eigenvalue weighted by atomic mass is 10.1. The second-order valence-electron chi connectivity index (χ2n) is 4.16. The first-order valence-corrected chi connectivity index (χ1v) is 7.93. The molecule has 0 fully saturated rings. The summed E-state index contributed by atoms with van der Waals surface area (Å²) in [6.07, 6.45) is 2.59. The Hall–Kier alpha value is -1.11. The number of unbranched alkanes of at least 4 members (excludes halogenated alkanes) is 1. The third-order valence-corrected chi connectivity index (χ3v) is 3.94. The van der Waals surface area contributed by atoms with Gasteiger partial charge in [0.1, 0.15) is 5.75 Å². The van der Waals surface area contributed by atoms with Crippen LogP contribution in [0.3, 0.4) is 0 Å². The summed E-state index contributed by atoms with van der Waals surface area (Å²) >= 11 is 0. The molecule has 6 heteroatoms. The van der Waals surface area contributed by atoms with Crippen LogP contribution >= 0.6 is 0 Å². The normalized spacial score (nSPS) is 11.5. The van der Waals surface area contributed by atoms with Crippen LogP contribution in [0.15, 0.2) is 24.3 Å². The monoisotopic (exact) mass is 286 g/mol. The summed E-state index contributed by atoms with van der Waals surface area (Å²) in [5, 5.41) is 0. The zero-order chi connectivity index (χ0) is 14.1. The average molecular weight is 286 g/mol. The third kappa shape index (κ3) is 6.04. The predicted molar refractivity (Wildman–Crippen MR) is 76.5 cm³/mol. The Kier molecular flexibility index (Phi) is 6.83. The van der Waals surface area contributed by atoms with Gasteiger partial charge in [-0.1, -0.05) is 25.1 Å². The van der Waals surface area contributed by atoms with Crippen LogP contribution in [0.2, 0.25) is 0 Å². The first-order valence-electron chi connectivity index (χ1n) is 6.45. The highest BCUT2D eigenvalue weighted by Crippen LogP contribution is 2.19. The first kappa shape index (κ1) is 15.9. The van der Waals surface area contributed by atoms with E-state index in [4.69, 9.17) is 4.74 Å². The lowest BCUT2D eigenvalue weighted by Gasteiger charge is -2.08.